The molecule has 0 aliphatic heterocycles. The number of anilines is 1. The highest BCUT2D eigenvalue weighted by molar-refractivity contribution is 9.10. The fraction of sp³-hybridized carbons (Fsp3) is 0.190. The molecule has 1 aromatic carbocycles. The molecule has 0 bridgehead atoms. The van der Waals surface area contributed by atoms with Crippen molar-refractivity contribution in [1.82, 2.24) is 19.6 Å². The Hall–Kier alpha value is -2.91. The number of aromatic nitrogens is 4. The van der Waals surface area contributed by atoms with Gasteiger partial charge in [-0.3, -0.25) is 14.2 Å². The molecule has 3 aromatic heterocycles. The van der Waals surface area contributed by atoms with Crippen molar-refractivity contribution < 1.29 is 13.6 Å². The Kier molecular flexibility index (Phi) is 5.97. The Morgan fingerprint density at radius 2 is 1.97 bits per heavy atom. The number of carbonyl (C=O) groups excluding carboxylic acids is 1. The maximum atomic E-state index is 13.9. The minimum atomic E-state index is -0.487. The largest absolute Gasteiger partial charge is 0.454 e. The second kappa shape index (κ2) is 8.68. The number of carbonyl (C=O) groups is 1. The van der Waals surface area contributed by atoms with Crippen molar-refractivity contribution in [3.05, 3.63) is 86.4 Å². The van der Waals surface area contributed by atoms with Gasteiger partial charge in [-0.25, -0.2) is 4.39 Å². The van der Waals surface area contributed by atoms with Crippen LogP contribution in [0.2, 0.25) is 5.02 Å². The standard InChI is InChI=1S/C21H18BrClFN5O2/c1-12-19(22)13(2)29(26-12)10-15-7-8-18(31-15)21(30)25-20-16(23)11-28(27-20)9-14-5-3-4-6-17(14)24/h3-8,11H,9-10H2,1-2H3,(H,25,27,30). The van der Waals surface area contributed by atoms with Gasteiger partial charge in [-0.1, -0.05) is 29.8 Å². The number of rotatable bonds is 6. The summed E-state index contributed by atoms with van der Waals surface area (Å²) in [7, 11) is 0. The van der Waals surface area contributed by atoms with Gasteiger partial charge in [-0.2, -0.15) is 10.2 Å². The molecule has 0 aliphatic rings. The van der Waals surface area contributed by atoms with E-state index in [2.05, 4.69) is 31.4 Å². The van der Waals surface area contributed by atoms with E-state index < -0.39 is 5.91 Å². The van der Waals surface area contributed by atoms with Crippen molar-refractivity contribution in [3.8, 4) is 0 Å². The molecular formula is C21H18BrClFN5O2. The smallest absolute Gasteiger partial charge is 0.292 e. The van der Waals surface area contributed by atoms with Crippen LogP contribution in [0.3, 0.4) is 0 Å². The van der Waals surface area contributed by atoms with Crippen molar-refractivity contribution in [1.29, 1.82) is 0 Å². The highest BCUT2D eigenvalue weighted by Crippen LogP contribution is 2.23. The molecule has 0 aliphatic carbocycles. The number of nitrogens with zero attached hydrogens (tertiary/aromatic N) is 4. The van der Waals surface area contributed by atoms with Crippen molar-refractivity contribution in [2.24, 2.45) is 0 Å². The van der Waals surface area contributed by atoms with E-state index in [0.29, 0.717) is 17.9 Å². The van der Waals surface area contributed by atoms with E-state index in [-0.39, 0.29) is 29.0 Å². The van der Waals surface area contributed by atoms with E-state index in [0.717, 1.165) is 15.9 Å². The van der Waals surface area contributed by atoms with Crippen LogP contribution < -0.4 is 5.32 Å². The van der Waals surface area contributed by atoms with Crippen molar-refractivity contribution >= 4 is 39.3 Å². The summed E-state index contributed by atoms with van der Waals surface area (Å²) in [4.78, 5) is 12.6. The zero-order valence-corrected chi connectivity index (χ0v) is 19.0. The normalized spacial score (nSPS) is 11.1. The first-order valence-corrected chi connectivity index (χ1v) is 10.5. The molecule has 0 atom stereocenters. The van der Waals surface area contributed by atoms with Gasteiger partial charge in [0.1, 0.15) is 16.6 Å². The van der Waals surface area contributed by atoms with Crippen LogP contribution in [0.15, 0.2) is 51.5 Å². The lowest BCUT2D eigenvalue weighted by molar-refractivity contribution is 0.0994. The van der Waals surface area contributed by atoms with E-state index in [1.54, 1.807) is 35.0 Å². The first-order chi connectivity index (χ1) is 14.8. The molecule has 7 nitrogen and oxygen atoms in total. The number of halogens is 3. The first-order valence-electron chi connectivity index (χ1n) is 9.37. The highest BCUT2D eigenvalue weighted by atomic mass is 79.9. The summed E-state index contributed by atoms with van der Waals surface area (Å²) in [6.07, 6.45) is 1.53. The van der Waals surface area contributed by atoms with Gasteiger partial charge < -0.3 is 9.73 Å². The summed E-state index contributed by atoms with van der Waals surface area (Å²) in [6.45, 7) is 4.43. The van der Waals surface area contributed by atoms with Crippen LogP contribution in [0.5, 0.6) is 0 Å². The number of hydrogen-bond acceptors (Lipinski definition) is 4. The Labute approximate surface area is 190 Å². The third-order valence-corrected chi connectivity index (χ3v) is 6.15. The monoisotopic (exact) mass is 505 g/mol. The minimum Gasteiger partial charge on any atom is -0.454 e. The second-order valence-corrected chi connectivity index (χ2v) is 8.18. The predicted molar refractivity (Wildman–Crippen MR) is 118 cm³/mol. The van der Waals surface area contributed by atoms with E-state index >= 15 is 0 Å². The fourth-order valence-electron chi connectivity index (χ4n) is 3.09. The molecule has 0 saturated heterocycles. The Morgan fingerprint density at radius 1 is 1.19 bits per heavy atom. The molecule has 4 aromatic rings. The van der Waals surface area contributed by atoms with Crippen LogP contribution in [-0.4, -0.2) is 25.5 Å². The van der Waals surface area contributed by atoms with Crippen molar-refractivity contribution in [3.63, 3.8) is 0 Å². The van der Waals surface area contributed by atoms with Crippen molar-refractivity contribution in [2.45, 2.75) is 26.9 Å². The van der Waals surface area contributed by atoms with E-state index in [4.69, 9.17) is 16.0 Å². The zero-order valence-electron chi connectivity index (χ0n) is 16.7. The summed E-state index contributed by atoms with van der Waals surface area (Å²) in [5.74, 6) is 0.0504. The predicted octanol–water partition coefficient (Wildman–Crippen LogP) is 5.19. The molecular weight excluding hydrogens is 489 g/mol. The van der Waals surface area contributed by atoms with Crippen LogP contribution in [0.1, 0.15) is 33.3 Å². The lowest BCUT2D eigenvalue weighted by Crippen LogP contribution is -2.12. The molecule has 1 amide bonds. The summed E-state index contributed by atoms with van der Waals surface area (Å²) < 4.78 is 23.7. The summed E-state index contributed by atoms with van der Waals surface area (Å²) in [5, 5.41) is 11.5. The number of hydrogen-bond donors (Lipinski definition) is 1. The third-order valence-electron chi connectivity index (χ3n) is 4.72. The molecule has 31 heavy (non-hydrogen) atoms. The molecule has 10 heteroatoms. The van der Waals surface area contributed by atoms with E-state index in [1.807, 2.05) is 13.8 Å². The zero-order chi connectivity index (χ0) is 22.1. The molecule has 4 rings (SSSR count). The molecule has 0 spiro atoms. The third kappa shape index (κ3) is 4.57. The van der Waals surface area contributed by atoms with Crippen LogP contribution in [0.4, 0.5) is 10.2 Å². The average molecular weight is 507 g/mol. The molecule has 1 N–H and O–H groups in total. The van der Waals surface area contributed by atoms with Gasteiger partial charge in [0, 0.05) is 11.8 Å². The van der Waals surface area contributed by atoms with E-state index in [1.165, 1.54) is 16.9 Å². The molecule has 3 heterocycles. The van der Waals surface area contributed by atoms with Gasteiger partial charge in [0.25, 0.3) is 5.91 Å². The SMILES string of the molecule is Cc1nn(Cc2ccc(C(=O)Nc3nn(Cc4ccccc4F)cc3Cl)o2)c(C)c1Br. The second-order valence-electron chi connectivity index (χ2n) is 6.98. The first kappa shape index (κ1) is 21.3. The maximum Gasteiger partial charge on any atom is 0.292 e. The van der Waals surface area contributed by atoms with Gasteiger partial charge in [0.05, 0.1) is 29.0 Å². The average Bonchev–Trinajstić information content (AvgIpc) is 3.40. The Bertz CT molecular complexity index is 1260. The fourth-order valence-corrected chi connectivity index (χ4v) is 3.58. The lowest BCUT2D eigenvalue weighted by atomic mass is 10.2. The Morgan fingerprint density at radius 3 is 2.68 bits per heavy atom. The Balaban J connectivity index is 1.45. The highest BCUT2D eigenvalue weighted by Gasteiger charge is 2.17. The number of nitrogens with one attached hydrogen (secondary N) is 1. The topological polar surface area (TPSA) is 77.9 Å². The van der Waals surface area contributed by atoms with Gasteiger partial charge in [0.2, 0.25) is 0 Å². The van der Waals surface area contributed by atoms with Gasteiger partial charge >= 0.3 is 0 Å². The number of benzene rings is 1. The quantitative estimate of drug-likeness (QED) is 0.390. The van der Waals surface area contributed by atoms with Crippen LogP contribution in [-0.2, 0) is 13.1 Å². The molecule has 160 valence electrons. The lowest BCUT2D eigenvalue weighted by Gasteiger charge is -2.03. The van der Waals surface area contributed by atoms with Crippen LogP contribution >= 0.6 is 27.5 Å². The van der Waals surface area contributed by atoms with Gasteiger partial charge in [-0.15, -0.1) is 0 Å². The van der Waals surface area contributed by atoms with Crippen LogP contribution in [0, 0.1) is 19.7 Å². The molecule has 0 saturated carbocycles. The summed E-state index contributed by atoms with van der Waals surface area (Å²) in [5.41, 5.74) is 2.31. The molecule has 0 radical (unpaired) electrons. The number of furan rings is 1. The van der Waals surface area contributed by atoms with E-state index in [9.17, 15) is 9.18 Å². The van der Waals surface area contributed by atoms with Gasteiger partial charge in [-0.05, 0) is 48.0 Å². The molecule has 0 unspecified atom stereocenters. The number of amides is 1. The minimum absolute atomic E-state index is 0.121. The summed E-state index contributed by atoms with van der Waals surface area (Å²) in [6, 6.07) is 9.70. The van der Waals surface area contributed by atoms with Gasteiger partial charge in [0.15, 0.2) is 11.6 Å². The van der Waals surface area contributed by atoms with Crippen molar-refractivity contribution in [2.75, 3.05) is 5.32 Å². The molecule has 0 fully saturated rings. The summed E-state index contributed by atoms with van der Waals surface area (Å²) >= 11 is 9.68. The number of aryl methyl sites for hydroxylation is 1. The van der Waals surface area contributed by atoms with Crippen LogP contribution in [0.25, 0.3) is 0 Å². The maximum absolute atomic E-state index is 13.9.